The highest BCUT2D eigenvalue weighted by atomic mass is 16.7. The van der Waals surface area contributed by atoms with Crippen molar-refractivity contribution >= 4 is 22.4 Å². The molecule has 3 aliphatic rings. The van der Waals surface area contributed by atoms with Crippen molar-refractivity contribution in [3.8, 4) is 22.8 Å². The molecule has 7 rings (SSSR count). The highest BCUT2D eigenvalue weighted by molar-refractivity contribution is 5.82. The topological polar surface area (TPSA) is 93.0 Å². The number of methoxy groups -OCH3 is 1. The highest BCUT2D eigenvalue weighted by Gasteiger charge is 2.26. The average molecular weight is 600 g/mol. The van der Waals surface area contributed by atoms with E-state index in [1.165, 1.54) is 12.8 Å². The maximum atomic E-state index is 6.14. The standard InChI is InChI=1S/C34H41N5O5/c1-40-28-16-27(17-29(19-28)41-14-15-44-34-7-3-5-13-43-34)38(22-24-8-9-24)26-10-11-30-31(18-26)37-32(21-35-30)25-20-36-39(23-25)33-6-2-4-12-42-33/h10-11,16-21,23-24,33-34H,2-9,12-15,22H2,1H3. The van der Waals surface area contributed by atoms with Crippen molar-refractivity contribution < 1.29 is 23.7 Å². The molecule has 0 radical (unpaired) electrons. The van der Waals surface area contributed by atoms with Gasteiger partial charge in [0.05, 0.1) is 42.8 Å². The van der Waals surface area contributed by atoms with Crippen molar-refractivity contribution in [2.24, 2.45) is 5.92 Å². The first kappa shape index (κ1) is 29.0. The fourth-order valence-electron chi connectivity index (χ4n) is 5.88. The summed E-state index contributed by atoms with van der Waals surface area (Å²) < 4.78 is 31.2. The van der Waals surface area contributed by atoms with Crippen LogP contribution in [0.2, 0.25) is 0 Å². The number of benzene rings is 2. The van der Waals surface area contributed by atoms with Crippen LogP contribution in [0.15, 0.2) is 55.0 Å². The summed E-state index contributed by atoms with van der Waals surface area (Å²) in [6.45, 7) is 3.36. The van der Waals surface area contributed by atoms with Gasteiger partial charge in [0.25, 0.3) is 0 Å². The van der Waals surface area contributed by atoms with E-state index in [2.05, 4.69) is 34.3 Å². The third kappa shape index (κ3) is 6.98. The number of hydrogen-bond donors (Lipinski definition) is 0. The van der Waals surface area contributed by atoms with E-state index in [9.17, 15) is 0 Å². The van der Waals surface area contributed by atoms with Gasteiger partial charge >= 0.3 is 0 Å². The van der Waals surface area contributed by atoms with Crippen LogP contribution in [0.25, 0.3) is 22.3 Å². The lowest BCUT2D eigenvalue weighted by Crippen LogP contribution is -2.24. The molecule has 44 heavy (non-hydrogen) atoms. The van der Waals surface area contributed by atoms with Gasteiger partial charge in [0.2, 0.25) is 0 Å². The molecule has 0 N–H and O–H groups in total. The molecule has 232 valence electrons. The summed E-state index contributed by atoms with van der Waals surface area (Å²) >= 11 is 0. The minimum atomic E-state index is -0.124. The molecule has 2 atom stereocenters. The summed E-state index contributed by atoms with van der Waals surface area (Å²) in [5.41, 5.74) is 5.48. The van der Waals surface area contributed by atoms with E-state index in [4.69, 9.17) is 33.7 Å². The molecule has 2 aromatic heterocycles. The Morgan fingerprint density at radius 2 is 1.73 bits per heavy atom. The molecule has 4 aromatic rings. The second-order valence-corrected chi connectivity index (χ2v) is 11.9. The van der Waals surface area contributed by atoms with Gasteiger partial charge in [-0.15, -0.1) is 0 Å². The monoisotopic (exact) mass is 599 g/mol. The van der Waals surface area contributed by atoms with E-state index in [-0.39, 0.29) is 12.5 Å². The number of rotatable bonds is 12. The zero-order valence-electron chi connectivity index (χ0n) is 25.4. The molecule has 0 amide bonds. The van der Waals surface area contributed by atoms with Crippen LogP contribution >= 0.6 is 0 Å². The molecule has 2 saturated heterocycles. The Kier molecular flexibility index (Phi) is 8.90. The Morgan fingerprint density at radius 1 is 0.864 bits per heavy atom. The third-order valence-corrected chi connectivity index (χ3v) is 8.53. The van der Waals surface area contributed by atoms with Crippen LogP contribution in [-0.4, -0.2) is 66.1 Å². The van der Waals surface area contributed by atoms with Crippen molar-refractivity contribution in [1.82, 2.24) is 19.7 Å². The summed E-state index contributed by atoms with van der Waals surface area (Å²) in [5, 5.41) is 4.57. The maximum absolute atomic E-state index is 6.14. The fraction of sp³-hybridized carbons (Fsp3) is 0.500. The van der Waals surface area contributed by atoms with E-state index in [0.29, 0.717) is 19.1 Å². The third-order valence-electron chi connectivity index (χ3n) is 8.53. The Morgan fingerprint density at radius 3 is 2.52 bits per heavy atom. The Hall–Kier alpha value is -3.73. The molecule has 1 saturated carbocycles. The van der Waals surface area contributed by atoms with Gasteiger partial charge in [0.1, 0.15) is 24.3 Å². The number of nitrogens with zero attached hydrogens (tertiary/aromatic N) is 5. The summed E-state index contributed by atoms with van der Waals surface area (Å²) in [4.78, 5) is 12.1. The first-order chi connectivity index (χ1) is 21.7. The molecule has 2 unspecified atom stereocenters. The molecule has 2 aliphatic heterocycles. The summed E-state index contributed by atoms with van der Waals surface area (Å²) in [6, 6.07) is 12.4. The van der Waals surface area contributed by atoms with E-state index in [0.717, 1.165) is 103 Å². The van der Waals surface area contributed by atoms with Crippen molar-refractivity contribution in [2.75, 3.05) is 45.0 Å². The lowest BCUT2D eigenvalue weighted by molar-refractivity contribution is -0.165. The Balaban J connectivity index is 1.12. The number of fused-ring (bicyclic) bond motifs is 1. The fourth-order valence-corrected chi connectivity index (χ4v) is 5.88. The zero-order chi connectivity index (χ0) is 29.7. The van der Waals surface area contributed by atoms with Crippen LogP contribution in [0.1, 0.15) is 57.6 Å². The van der Waals surface area contributed by atoms with Gasteiger partial charge in [-0.2, -0.15) is 5.10 Å². The summed E-state index contributed by atoms with van der Waals surface area (Å²) in [6.07, 6.45) is 14.4. The van der Waals surface area contributed by atoms with Crippen molar-refractivity contribution in [3.63, 3.8) is 0 Å². The molecule has 10 heteroatoms. The number of anilines is 2. The first-order valence-corrected chi connectivity index (χ1v) is 16.0. The highest BCUT2D eigenvalue weighted by Crippen LogP contribution is 2.39. The van der Waals surface area contributed by atoms with Gasteiger partial charge in [-0.3, -0.25) is 4.98 Å². The quantitative estimate of drug-likeness (QED) is 0.166. The molecule has 1 aliphatic carbocycles. The van der Waals surface area contributed by atoms with E-state index < -0.39 is 0 Å². The Labute approximate surface area is 258 Å². The van der Waals surface area contributed by atoms with E-state index in [1.807, 2.05) is 35.4 Å². The lowest BCUT2D eigenvalue weighted by Gasteiger charge is -2.26. The average Bonchev–Trinajstić information content (AvgIpc) is 3.77. The van der Waals surface area contributed by atoms with Crippen LogP contribution < -0.4 is 14.4 Å². The molecular weight excluding hydrogens is 558 g/mol. The van der Waals surface area contributed by atoms with E-state index in [1.54, 1.807) is 7.11 Å². The van der Waals surface area contributed by atoms with Gasteiger partial charge in [-0.05, 0) is 75.5 Å². The van der Waals surface area contributed by atoms with Gasteiger partial charge in [0.15, 0.2) is 6.29 Å². The normalized spacial score (nSPS) is 20.5. The Bertz CT molecular complexity index is 1540. The number of ether oxygens (including phenoxy) is 5. The van der Waals surface area contributed by atoms with Crippen LogP contribution in [-0.2, 0) is 14.2 Å². The molecular formula is C34H41N5O5. The predicted molar refractivity (Wildman–Crippen MR) is 167 cm³/mol. The second-order valence-electron chi connectivity index (χ2n) is 11.9. The van der Waals surface area contributed by atoms with Crippen molar-refractivity contribution in [3.05, 3.63) is 55.0 Å². The second kappa shape index (κ2) is 13.5. The van der Waals surface area contributed by atoms with Crippen LogP contribution in [0.3, 0.4) is 0 Å². The molecule has 0 spiro atoms. The van der Waals surface area contributed by atoms with Crippen molar-refractivity contribution in [1.29, 1.82) is 0 Å². The van der Waals surface area contributed by atoms with Crippen molar-refractivity contribution in [2.45, 2.75) is 63.9 Å². The van der Waals surface area contributed by atoms with Gasteiger partial charge in [0, 0.05) is 61.1 Å². The number of hydrogen-bond acceptors (Lipinski definition) is 9. The largest absolute Gasteiger partial charge is 0.497 e. The van der Waals surface area contributed by atoms with Gasteiger partial charge < -0.3 is 28.6 Å². The van der Waals surface area contributed by atoms with Gasteiger partial charge in [-0.1, -0.05) is 0 Å². The molecule has 4 heterocycles. The minimum absolute atomic E-state index is 0.0105. The van der Waals surface area contributed by atoms with Gasteiger partial charge in [-0.25, -0.2) is 9.67 Å². The summed E-state index contributed by atoms with van der Waals surface area (Å²) in [5.74, 6) is 2.14. The molecule has 10 nitrogen and oxygen atoms in total. The SMILES string of the molecule is COc1cc(OCCOC2CCCCO2)cc(N(CC2CC2)c2ccc3ncc(-c4cnn(C5CCCCO5)c4)nc3c2)c1. The molecule has 3 fully saturated rings. The minimum Gasteiger partial charge on any atom is -0.497 e. The molecule has 0 bridgehead atoms. The van der Waals surface area contributed by atoms with Crippen LogP contribution in [0.5, 0.6) is 11.5 Å². The summed E-state index contributed by atoms with van der Waals surface area (Å²) in [7, 11) is 1.69. The van der Waals surface area contributed by atoms with E-state index >= 15 is 0 Å². The lowest BCUT2D eigenvalue weighted by atomic mass is 10.1. The number of aromatic nitrogens is 4. The maximum Gasteiger partial charge on any atom is 0.157 e. The predicted octanol–water partition coefficient (Wildman–Crippen LogP) is 6.67. The zero-order valence-corrected chi connectivity index (χ0v) is 25.4. The van der Waals surface area contributed by atoms with Crippen LogP contribution in [0, 0.1) is 5.92 Å². The molecule has 2 aromatic carbocycles. The smallest absolute Gasteiger partial charge is 0.157 e. The first-order valence-electron chi connectivity index (χ1n) is 16.0. The van der Waals surface area contributed by atoms with Crippen LogP contribution in [0.4, 0.5) is 11.4 Å².